The SMILES string of the molecule is Cc1ccnc(-n2n[n+]([O-])c3ccccc32)c1. The third-order valence-electron chi connectivity index (χ3n) is 2.60. The Kier molecular flexibility index (Phi) is 2.04. The highest BCUT2D eigenvalue weighted by Gasteiger charge is 2.16. The summed E-state index contributed by atoms with van der Waals surface area (Å²) in [6.45, 7) is 1.97. The number of rotatable bonds is 1. The van der Waals surface area contributed by atoms with Gasteiger partial charge in [-0.2, -0.15) is 0 Å². The molecule has 0 aliphatic carbocycles. The summed E-state index contributed by atoms with van der Waals surface area (Å²) in [5.41, 5.74) is 2.36. The third-order valence-corrected chi connectivity index (χ3v) is 2.60. The minimum atomic E-state index is 0.538. The van der Waals surface area contributed by atoms with Gasteiger partial charge in [-0.15, -0.1) is 4.85 Å². The number of para-hydroxylation sites is 2. The van der Waals surface area contributed by atoms with Crippen LogP contribution in [0.3, 0.4) is 0 Å². The largest absolute Gasteiger partial charge is 0.691 e. The van der Waals surface area contributed by atoms with Crippen LogP contribution in [0.4, 0.5) is 0 Å². The van der Waals surface area contributed by atoms with Crippen LogP contribution in [0.1, 0.15) is 5.56 Å². The molecule has 0 radical (unpaired) electrons. The number of aromatic nitrogens is 4. The Bertz CT molecular complexity index is 690. The van der Waals surface area contributed by atoms with E-state index in [-0.39, 0.29) is 0 Å². The summed E-state index contributed by atoms with van der Waals surface area (Å²) in [5, 5.41) is 15.5. The molecule has 0 unspecified atom stereocenters. The lowest BCUT2D eigenvalue weighted by molar-refractivity contribution is -0.645. The second-order valence-corrected chi connectivity index (χ2v) is 3.85. The molecule has 0 N–H and O–H groups in total. The molecule has 3 rings (SSSR count). The second kappa shape index (κ2) is 3.55. The number of nitrogens with zero attached hydrogens (tertiary/aromatic N) is 4. The lowest BCUT2D eigenvalue weighted by Crippen LogP contribution is -2.29. The van der Waals surface area contributed by atoms with Crippen molar-refractivity contribution in [2.24, 2.45) is 0 Å². The van der Waals surface area contributed by atoms with Crippen LogP contribution in [0.2, 0.25) is 0 Å². The highest BCUT2D eigenvalue weighted by molar-refractivity contribution is 5.72. The average molecular weight is 226 g/mol. The van der Waals surface area contributed by atoms with Crippen molar-refractivity contribution in [1.29, 1.82) is 0 Å². The minimum Gasteiger partial charge on any atom is -0.691 e. The van der Waals surface area contributed by atoms with Crippen molar-refractivity contribution in [1.82, 2.24) is 14.9 Å². The van der Waals surface area contributed by atoms with Crippen LogP contribution in [0, 0.1) is 12.1 Å². The number of fused-ring (bicyclic) bond motifs is 1. The normalized spacial score (nSPS) is 10.9. The molecule has 0 saturated carbocycles. The second-order valence-electron chi connectivity index (χ2n) is 3.85. The van der Waals surface area contributed by atoms with Crippen molar-refractivity contribution in [3.63, 3.8) is 0 Å². The summed E-state index contributed by atoms with van der Waals surface area (Å²) in [7, 11) is 0. The maximum Gasteiger partial charge on any atom is 0.248 e. The molecular formula is C12H10N4O. The van der Waals surface area contributed by atoms with E-state index in [0.29, 0.717) is 16.2 Å². The Labute approximate surface area is 97.5 Å². The van der Waals surface area contributed by atoms with Gasteiger partial charge < -0.3 is 5.21 Å². The third kappa shape index (κ3) is 1.52. The molecule has 1 aromatic carbocycles. The molecule has 2 heterocycles. The smallest absolute Gasteiger partial charge is 0.248 e. The fourth-order valence-corrected chi connectivity index (χ4v) is 1.79. The predicted molar refractivity (Wildman–Crippen MR) is 62.6 cm³/mol. The van der Waals surface area contributed by atoms with Gasteiger partial charge in [0.05, 0.1) is 0 Å². The first-order chi connectivity index (χ1) is 8.25. The zero-order valence-electron chi connectivity index (χ0n) is 9.24. The van der Waals surface area contributed by atoms with Gasteiger partial charge in [0.15, 0.2) is 0 Å². The van der Waals surface area contributed by atoms with Crippen molar-refractivity contribution in [2.45, 2.75) is 6.92 Å². The van der Waals surface area contributed by atoms with Gasteiger partial charge in [0.2, 0.25) is 16.9 Å². The van der Waals surface area contributed by atoms with E-state index < -0.39 is 0 Å². The fourth-order valence-electron chi connectivity index (χ4n) is 1.79. The number of benzene rings is 1. The Hall–Kier alpha value is -2.43. The summed E-state index contributed by atoms with van der Waals surface area (Å²) in [4.78, 5) is 4.83. The first-order valence-electron chi connectivity index (χ1n) is 5.26. The molecule has 17 heavy (non-hydrogen) atoms. The lowest BCUT2D eigenvalue weighted by Gasteiger charge is -1.94. The Morgan fingerprint density at radius 1 is 1.24 bits per heavy atom. The maximum absolute atomic E-state index is 11.6. The van der Waals surface area contributed by atoms with Gasteiger partial charge in [0.25, 0.3) is 0 Å². The number of hydrogen-bond acceptors (Lipinski definition) is 3. The van der Waals surface area contributed by atoms with E-state index in [1.54, 1.807) is 16.9 Å². The van der Waals surface area contributed by atoms with Crippen molar-refractivity contribution in [3.8, 4) is 5.82 Å². The molecule has 0 spiro atoms. The molecular weight excluding hydrogens is 216 g/mol. The van der Waals surface area contributed by atoms with Crippen molar-refractivity contribution < 1.29 is 4.85 Å². The van der Waals surface area contributed by atoms with Gasteiger partial charge in [0, 0.05) is 12.3 Å². The number of pyridine rings is 1. The Morgan fingerprint density at radius 2 is 2.06 bits per heavy atom. The zero-order valence-corrected chi connectivity index (χ0v) is 9.24. The van der Waals surface area contributed by atoms with Crippen LogP contribution in [-0.2, 0) is 0 Å². The van der Waals surface area contributed by atoms with Gasteiger partial charge >= 0.3 is 0 Å². The quantitative estimate of drug-likeness (QED) is 0.465. The van der Waals surface area contributed by atoms with Gasteiger partial charge in [-0.25, -0.2) is 4.98 Å². The standard InChI is InChI=1S/C12H10N4O/c1-9-6-7-13-12(8-9)15-10-4-2-3-5-11(10)16(17)14-15/h2-8H,1H3. The fraction of sp³-hybridized carbons (Fsp3) is 0.0833. The average Bonchev–Trinajstić information content (AvgIpc) is 2.68. The van der Waals surface area contributed by atoms with Gasteiger partial charge in [-0.3, -0.25) is 0 Å². The molecule has 3 aromatic rings. The number of aryl methyl sites for hydroxylation is 1. The van der Waals surface area contributed by atoms with Gasteiger partial charge in [-0.05, 0) is 30.7 Å². The van der Waals surface area contributed by atoms with E-state index in [1.165, 1.54) is 0 Å². The van der Waals surface area contributed by atoms with E-state index in [4.69, 9.17) is 0 Å². The van der Waals surface area contributed by atoms with Crippen LogP contribution in [0.15, 0.2) is 42.6 Å². The van der Waals surface area contributed by atoms with E-state index >= 15 is 0 Å². The van der Waals surface area contributed by atoms with Crippen molar-refractivity contribution in [3.05, 3.63) is 53.4 Å². The zero-order chi connectivity index (χ0) is 11.8. The Morgan fingerprint density at radius 3 is 2.88 bits per heavy atom. The van der Waals surface area contributed by atoms with E-state index in [1.807, 2.05) is 37.3 Å². The van der Waals surface area contributed by atoms with Gasteiger partial charge in [-0.1, -0.05) is 16.8 Å². The first-order valence-corrected chi connectivity index (χ1v) is 5.26. The van der Waals surface area contributed by atoms with E-state index in [2.05, 4.69) is 10.2 Å². The summed E-state index contributed by atoms with van der Waals surface area (Å²) < 4.78 is 1.55. The van der Waals surface area contributed by atoms with Crippen LogP contribution in [-0.4, -0.2) is 14.9 Å². The van der Waals surface area contributed by atoms with Crippen molar-refractivity contribution >= 4 is 11.0 Å². The van der Waals surface area contributed by atoms with Crippen LogP contribution < -0.4 is 4.85 Å². The van der Waals surface area contributed by atoms with Crippen molar-refractivity contribution in [2.75, 3.05) is 0 Å². The molecule has 0 amide bonds. The minimum absolute atomic E-state index is 0.538. The Balaban J connectivity index is 2.31. The van der Waals surface area contributed by atoms with Gasteiger partial charge in [0.1, 0.15) is 5.21 Å². The topological polar surface area (TPSA) is 57.7 Å². The van der Waals surface area contributed by atoms with Crippen LogP contribution in [0.5, 0.6) is 0 Å². The molecule has 84 valence electrons. The molecule has 0 bridgehead atoms. The predicted octanol–water partition coefficient (Wildman–Crippen LogP) is 1.36. The monoisotopic (exact) mass is 226 g/mol. The summed E-state index contributed by atoms with van der Waals surface area (Å²) in [5.74, 6) is 0.649. The molecule has 0 saturated heterocycles. The maximum atomic E-state index is 11.6. The van der Waals surface area contributed by atoms with Crippen LogP contribution >= 0.6 is 0 Å². The highest BCUT2D eigenvalue weighted by atomic mass is 16.5. The van der Waals surface area contributed by atoms with Crippen LogP contribution in [0.25, 0.3) is 16.9 Å². The molecule has 5 heteroatoms. The lowest BCUT2D eigenvalue weighted by atomic mass is 10.3. The molecule has 2 aromatic heterocycles. The highest BCUT2D eigenvalue weighted by Crippen LogP contribution is 2.13. The van der Waals surface area contributed by atoms with E-state index in [0.717, 1.165) is 11.1 Å². The van der Waals surface area contributed by atoms with E-state index in [9.17, 15) is 5.21 Å². The summed E-state index contributed by atoms with van der Waals surface area (Å²) in [6.07, 6.45) is 1.70. The molecule has 5 nitrogen and oxygen atoms in total. The summed E-state index contributed by atoms with van der Waals surface area (Å²) in [6, 6.07) is 11.1. The number of hydrogen-bond donors (Lipinski definition) is 0. The molecule has 0 fully saturated rings. The molecule has 0 aliphatic rings. The summed E-state index contributed by atoms with van der Waals surface area (Å²) >= 11 is 0. The molecule has 0 atom stereocenters. The molecule has 0 aliphatic heterocycles. The first kappa shape index (κ1) is 9.77.